The Bertz CT molecular complexity index is 595. The van der Waals surface area contributed by atoms with Crippen LogP contribution in [0.25, 0.3) is 0 Å². The zero-order chi connectivity index (χ0) is 16.7. The van der Waals surface area contributed by atoms with Crippen molar-refractivity contribution < 1.29 is 14.3 Å². The van der Waals surface area contributed by atoms with Crippen LogP contribution in [0.15, 0.2) is 47.1 Å². The number of hydrogen-bond donors (Lipinski definition) is 2. The fourth-order valence-corrected chi connectivity index (χ4v) is 3.05. The lowest BCUT2D eigenvalue weighted by atomic mass is 10.1. The van der Waals surface area contributed by atoms with Gasteiger partial charge in [-0.1, -0.05) is 29.8 Å². The fourth-order valence-electron chi connectivity index (χ4n) is 2.25. The molecule has 0 spiro atoms. The van der Waals surface area contributed by atoms with E-state index in [4.69, 9.17) is 4.42 Å². The Labute approximate surface area is 141 Å². The number of amides is 1. The normalized spacial score (nSPS) is 13.5. The number of nitrogens with one attached hydrogen (secondary N) is 1. The van der Waals surface area contributed by atoms with E-state index >= 15 is 0 Å². The molecule has 0 radical (unpaired) electrons. The average molecular weight is 333 g/mol. The Morgan fingerprint density at radius 2 is 2.04 bits per heavy atom. The van der Waals surface area contributed by atoms with Gasteiger partial charge in [0.1, 0.15) is 11.9 Å². The van der Waals surface area contributed by atoms with Crippen LogP contribution in [0.2, 0.25) is 0 Å². The number of furan rings is 1. The number of aliphatic hydroxyl groups is 1. The van der Waals surface area contributed by atoms with Crippen LogP contribution in [0.3, 0.4) is 0 Å². The molecule has 1 aromatic heterocycles. The zero-order valence-corrected chi connectivity index (χ0v) is 14.3. The van der Waals surface area contributed by atoms with Crippen LogP contribution in [0.5, 0.6) is 0 Å². The number of carbonyl (C=O) groups is 1. The maximum Gasteiger partial charge on any atom is 0.230 e. The highest BCUT2D eigenvalue weighted by Gasteiger charge is 2.16. The summed E-state index contributed by atoms with van der Waals surface area (Å²) in [6, 6.07) is 11.7. The second kappa shape index (κ2) is 8.79. The molecule has 2 N–H and O–H groups in total. The Hall–Kier alpha value is -1.72. The minimum absolute atomic E-state index is 0.0127. The Kier molecular flexibility index (Phi) is 6.74. The van der Waals surface area contributed by atoms with Crippen molar-refractivity contribution in [3.63, 3.8) is 0 Å². The van der Waals surface area contributed by atoms with E-state index in [0.29, 0.717) is 17.9 Å². The number of carbonyl (C=O) groups excluding carboxylic acids is 1. The predicted molar refractivity (Wildman–Crippen MR) is 93.2 cm³/mol. The minimum Gasteiger partial charge on any atom is -0.467 e. The molecule has 1 amide bonds. The molecule has 1 aromatic carbocycles. The molecule has 2 atom stereocenters. The Morgan fingerprint density at radius 3 is 2.70 bits per heavy atom. The van der Waals surface area contributed by atoms with Crippen molar-refractivity contribution in [1.29, 1.82) is 0 Å². The highest BCUT2D eigenvalue weighted by Crippen LogP contribution is 2.18. The topological polar surface area (TPSA) is 62.5 Å². The molecule has 2 rings (SSSR count). The van der Waals surface area contributed by atoms with E-state index in [-0.39, 0.29) is 11.9 Å². The number of aliphatic hydroxyl groups excluding tert-OH is 1. The highest BCUT2D eigenvalue weighted by atomic mass is 32.2. The molecule has 0 saturated carbocycles. The van der Waals surface area contributed by atoms with Gasteiger partial charge in [-0.15, -0.1) is 11.8 Å². The number of hydrogen-bond acceptors (Lipinski definition) is 4. The fraction of sp³-hybridized carbons (Fsp3) is 0.389. The first-order valence-corrected chi connectivity index (χ1v) is 8.84. The lowest BCUT2D eigenvalue weighted by Crippen LogP contribution is -2.34. The lowest BCUT2D eigenvalue weighted by molar-refractivity contribution is -0.119. The van der Waals surface area contributed by atoms with Crippen LogP contribution in [0, 0.1) is 6.92 Å². The van der Waals surface area contributed by atoms with E-state index in [2.05, 4.69) is 36.5 Å². The van der Waals surface area contributed by atoms with Gasteiger partial charge >= 0.3 is 0 Å². The van der Waals surface area contributed by atoms with E-state index in [9.17, 15) is 9.90 Å². The van der Waals surface area contributed by atoms with Gasteiger partial charge in [0, 0.05) is 18.2 Å². The molecule has 0 aliphatic carbocycles. The summed E-state index contributed by atoms with van der Waals surface area (Å²) in [5, 5.41) is 12.9. The van der Waals surface area contributed by atoms with Crippen LogP contribution in [0.4, 0.5) is 0 Å². The molecule has 2 unspecified atom stereocenters. The van der Waals surface area contributed by atoms with Crippen molar-refractivity contribution in [1.82, 2.24) is 5.32 Å². The quantitative estimate of drug-likeness (QED) is 0.777. The minimum atomic E-state index is -0.694. The van der Waals surface area contributed by atoms with Crippen molar-refractivity contribution in [3.05, 3.63) is 59.5 Å². The Morgan fingerprint density at radius 1 is 1.30 bits per heavy atom. The van der Waals surface area contributed by atoms with Crippen LogP contribution < -0.4 is 5.32 Å². The first-order chi connectivity index (χ1) is 11.0. The molecule has 0 bridgehead atoms. The van der Waals surface area contributed by atoms with E-state index in [1.165, 1.54) is 17.4 Å². The second-order valence-corrected chi connectivity index (χ2v) is 6.70. The summed E-state index contributed by atoms with van der Waals surface area (Å²) in [6.07, 6.45) is 1.27. The monoisotopic (exact) mass is 333 g/mol. The maximum atomic E-state index is 11.9. The van der Waals surface area contributed by atoms with Crippen LogP contribution >= 0.6 is 11.8 Å². The lowest BCUT2D eigenvalue weighted by Gasteiger charge is -2.16. The molecule has 1 heterocycles. The first-order valence-electron chi connectivity index (χ1n) is 7.68. The first kappa shape index (κ1) is 17.6. The number of benzene rings is 1. The van der Waals surface area contributed by atoms with Crippen molar-refractivity contribution in [2.75, 3.05) is 5.75 Å². The van der Waals surface area contributed by atoms with Gasteiger partial charge in [-0.2, -0.15) is 0 Å². The van der Waals surface area contributed by atoms with E-state index in [1.807, 2.05) is 6.92 Å². The maximum absolute atomic E-state index is 11.9. The molecule has 0 aliphatic heterocycles. The Balaban J connectivity index is 1.66. The average Bonchev–Trinajstić information content (AvgIpc) is 3.03. The van der Waals surface area contributed by atoms with Gasteiger partial charge in [0.25, 0.3) is 0 Å². The smallest absolute Gasteiger partial charge is 0.230 e. The van der Waals surface area contributed by atoms with Gasteiger partial charge in [-0.3, -0.25) is 4.79 Å². The van der Waals surface area contributed by atoms with Gasteiger partial charge in [0.15, 0.2) is 0 Å². The van der Waals surface area contributed by atoms with Crippen molar-refractivity contribution >= 4 is 17.7 Å². The molecule has 0 saturated heterocycles. The molecule has 0 aliphatic rings. The number of rotatable bonds is 8. The molecule has 23 heavy (non-hydrogen) atoms. The van der Waals surface area contributed by atoms with Crippen molar-refractivity contribution in [2.24, 2.45) is 0 Å². The molecule has 2 aromatic rings. The molecule has 124 valence electrons. The summed E-state index contributed by atoms with van der Waals surface area (Å²) in [6.45, 7) is 3.94. The molecule has 0 fully saturated rings. The van der Waals surface area contributed by atoms with E-state index < -0.39 is 6.10 Å². The summed E-state index contributed by atoms with van der Waals surface area (Å²) in [7, 11) is 0. The standard InChI is InChI=1S/C18H23NO3S/c1-13-5-7-15(8-6-13)11-23-12-18(21)19-14(2)10-16(20)17-4-3-9-22-17/h3-9,14,16,20H,10-12H2,1-2H3,(H,19,21). The van der Waals surface area contributed by atoms with E-state index in [1.54, 1.807) is 23.9 Å². The highest BCUT2D eigenvalue weighted by molar-refractivity contribution is 7.99. The molecular formula is C18H23NO3S. The third-order valence-electron chi connectivity index (χ3n) is 3.48. The number of aryl methyl sites for hydroxylation is 1. The van der Waals surface area contributed by atoms with Crippen LogP contribution in [0.1, 0.15) is 36.3 Å². The van der Waals surface area contributed by atoms with Crippen molar-refractivity contribution in [2.45, 2.75) is 38.2 Å². The molecular weight excluding hydrogens is 310 g/mol. The number of thioether (sulfide) groups is 1. The summed E-state index contributed by atoms with van der Waals surface area (Å²) >= 11 is 1.59. The molecule has 5 heteroatoms. The SMILES string of the molecule is Cc1ccc(CSCC(=O)NC(C)CC(O)c2ccco2)cc1. The van der Waals surface area contributed by atoms with Gasteiger partial charge < -0.3 is 14.8 Å². The predicted octanol–water partition coefficient (Wildman–Crippen LogP) is 3.45. The third kappa shape index (κ3) is 6.12. The van der Waals surface area contributed by atoms with E-state index in [0.717, 1.165) is 5.75 Å². The van der Waals surface area contributed by atoms with Crippen LogP contribution in [-0.4, -0.2) is 22.8 Å². The second-order valence-electron chi connectivity index (χ2n) is 5.71. The van der Waals surface area contributed by atoms with Crippen molar-refractivity contribution in [3.8, 4) is 0 Å². The summed E-state index contributed by atoms with van der Waals surface area (Å²) in [5.41, 5.74) is 2.45. The van der Waals surface area contributed by atoms with Gasteiger partial charge in [0.05, 0.1) is 12.0 Å². The third-order valence-corrected chi connectivity index (χ3v) is 4.48. The zero-order valence-electron chi connectivity index (χ0n) is 13.5. The summed E-state index contributed by atoms with van der Waals surface area (Å²) in [5.74, 6) is 1.74. The summed E-state index contributed by atoms with van der Waals surface area (Å²) in [4.78, 5) is 11.9. The molecule has 4 nitrogen and oxygen atoms in total. The van der Waals surface area contributed by atoms with Gasteiger partial charge in [0.2, 0.25) is 5.91 Å². The van der Waals surface area contributed by atoms with Gasteiger partial charge in [-0.25, -0.2) is 0 Å². The summed E-state index contributed by atoms with van der Waals surface area (Å²) < 4.78 is 5.16. The van der Waals surface area contributed by atoms with Gasteiger partial charge in [-0.05, 0) is 31.5 Å². The largest absolute Gasteiger partial charge is 0.467 e. The van der Waals surface area contributed by atoms with Crippen LogP contribution in [-0.2, 0) is 10.5 Å².